The van der Waals surface area contributed by atoms with Crippen molar-refractivity contribution in [3.05, 3.63) is 47.8 Å². The van der Waals surface area contributed by atoms with Crippen LogP contribution in [0.15, 0.2) is 36.4 Å². The van der Waals surface area contributed by atoms with Gasteiger partial charge in [0.2, 0.25) is 0 Å². The van der Waals surface area contributed by atoms with Crippen LogP contribution in [0.3, 0.4) is 0 Å². The first-order valence-corrected chi connectivity index (χ1v) is 9.05. The van der Waals surface area contributed by atoms with Crippen molar-refractivity contribution >= 4 is 5.91 Å². The molecule has 2 aliphatic carbocycles. The fraction of sp³-hybridized carbons (Fsp3) is 0.500. The molecular formula is C20H25N3O. The summed E-state index contributed by atoms with van der Waals surface area (Å²) in [5.41, 5.74) is 2.46. The molecule has 0 aliphatic heterocycles. The largest absolute Gasteiger partial charge is 0.348 e. The van der Waals surface area contributed by atoms with E-state index in [0.717, 1.165) is 23.2 Å². The molecule has 1 N–H and O–H groups in total. The second kappa shape index (κ2) is 6.08. The van der Waals surface area contributed by atoms with Gasteiger partial charge in [-0.25, -0.2) is 4.68 Å². The fourth-order valence-electron chi connectivity index (χ4n) is 4.71. The number of hydrogen-bond acceptors (Lipinski definition) is 2. The SMILES string of the molecule is Cc1cc(C(=O)NC(C)C2CC3CCC2C3)nn1-c1ccccc1. The Bertz CT molecular complexity index is 737. The van der Waals surface area contributed by atoms with Crippen LogP contribution in [0.2, 0.25) is 0 Å². The number of nitrogens with one attached hydrogen (secondary N) is 1. The molecule has 2 saturated carbocycles. The minimum atomic E-state index is -0.0527. The Hall–Kier alpha value is -2.10. The van der Waals surface area contributed by atoms with Crippen LogP contribution in [0.25, 0.3) is 5.69 Å². The van der Waals surface area contributed by atoms with Crippen molar-refractivity contribution in [3.8, 4) is 5.69 Å². The molecule has 0 radical (unpaired) electrons. The molecule has 0 saturated heterocycles. The standard InChI is InChI=1S/C20H25N3O/c1-13-10-19(22-23(13)17-6-4-3-5-7-17)20(24)21-14(2)18-12-15-8-9-16(18)11-15/h3-7,10,14-16,18H,8-9,11-12H2,1-2H3,(H,21,24). The summed E-state index contributed by atoms with van der Waals surface area (Å²) in [7, 11) is 0. The second-order valence-corrected chi connectivity index (χ2v) is 7.52. The Balaban J connectivity index is 1.47. The summed E-state index contributed by atoms with van der Waals surface area (Å²) in [6.07, 6.45) is 5.38. The van der Waals surface area contributed by atoms with E-state index in [9.17, 15) is 4.79 Å². The summed E-state index contributed by atoms with van der Waals surface area (Å²) in [4.78, 5) is 12.6. The Morgan fingerprint density at radius 3 is 2.71 bits per heavy atom. The Labute approximate surface area is 143 Å². The third-order valence-electron chi connectivity index (χ3n) is 5.91. The summed E-state index contributed by atoms with van der Waals surface area (Å²) in [5, 5.41) is 7.71. The molecule has 0 spiro atoms. The molecule has 2 aliphatic rings. The zero-order valence-electron chi connectivity index (χ0n) is 14.4. The van der Waals surface area contributed by atoms with Crippen LogP contribution in [-0.4, -0.2) is 21.7 Å². The summed E-state index contributed by atoms with van der Waals surface area (Å²) in [6.45, 7) is 4.14. The number of amides is 1. The number of nitrogens with zero attached hydrogens (tertiary/aromatic N) is 2. The third-order valence-corrected chi connectivity index (χ3v) is 5.91. The fourth-order valence-corrected chi connectivity index (χ4v) is 4.71. The third kappa shape index (κ3) is 2.74. The first-order chi connectivity index (χ1) is 11.6. The van der Waals surface area contributed by atoms with Gasteiger partial charge < -0.3 is 5.32 Å². The maximum Gasteiger partial charge on any atom is 0.272 e. The maximum atomic E-state index is 12.6. The zero-order chi connectivity index (χ0) is 16.7. The molecule has 4 heteroatoms. The quantitative estimate of drug-likeness (QED) is 0.932. The average Bonchev–Trinajstić information content (AvgIpc) is 3.30. The van der Waals surface area contributed by atoms with E-state index >= 15 is 0 Å². The molecule has 2 fully saturated rings. The highest BCUT2D eigenvalue weighted by molar-refractivity contribution is 5.92. The topological polar surface area (TPSA) is 46.9 Å². The number of carbonyl (C=O) groups is 1. The molecule has 4 rings (SSSR count). The molecule has 1 aromatic carbocycles. The molecule has 24 heavy (non-hydrogen) atoms. The summed E-state index contributed by atoms with van der Waals surface area (Å²) >= 11 is 0. The van der Waals surface area contributed by atoms with Crippen LogP contribution >= 0.6 is 0 Å². The van der Waals surface area contributed by atoms with Crippen molar-refractivity contribution in [1.29, 1.82) is 0 Å². The molecule has 126 valence electrons. The van der Waals surface area contributed by atoms with Crippen LogP contribution < -0.4 is 5.32 Å². The van der Waals surface area contributed by atoms with Crippen molar-refractivity contribution in [3.63, 3.8) is 0 Å². The van der Waals surface area contributed by atoms with E-state index < -0.39 is 0 Å². The van der Waals surface area contributed by atoms with E-state index in [4.69, 9.17) is 0 Å². The molecule has 1 heterocycles. The Kier molecular flexibility index (Phi) is 3.91. The zero-order valence-corrected chi connectivity index (χ0v) is 14.4. The van der Waals surface area contributed by atoms with Crippen LogP contribution in [-0.2, 0) is 0 Å². The molecule has 1 amide bonds. The van der Waals surface area contributed by atoms with E-state index in [1.54, 1.807) is 0 Å². The van der Waals surface area contributed by atoms with Gasteiger partial charge in [-0.2, -0.15) is 5.10 Å². The molecule has 4 nitrogen and oxygen atoms in total. The van der Waals surface area contributed by atoms with Crippen molar-refractivity contribution in [2.45, 2.75) is 45.6 Å². The highest BCUT2D eigenvalue weighted by Gasteiger charge is 2.42. The first-order valence-electron chi connectivity index (χ1n) is 9.05. The van der Waals surface area contributed by atoms with Gasteiger partial charge in [-0.3, -0.25) is 4.79 Å². The lowest BCUT2D eigenvalue weighted by atomic mass is 9.84. The predicted molar refractivity (Wildman–Crippen MR) is 94.2 cm³/mol. The lowest BCUT2D eigenvalue weighted by Crippen LogP contribution is -2.40. The van der Waals surface area contributed by atoms with Crippen molar-refractivity contribution in [2.75, 3.05) is 0 Å². The van der Waals surface area contributed by atoms with Crippen LogP contribution in [0.5, 0.6) is 0 Å². The van der Waals surface area contributed by atoms with Gasteiger partial charge in [-0.15, -0.1) is 0 Å². The molecule has 4 unspecified atom stereocenters. The number of hydrogen-bond donors (Lipinski definition) is 1. The molecule has 2 aromatic rings. The maximum absolute atomic E-state index is 12.6. The van der Waals surface area contributed by atoms with Crippen LogP contribution in [0.4, 0.5) is 0 Å². The highest BCUT2D eigenvalue weighted by atomic mass is 16.2. The summed E-state index contributed by atoms with van der Waals surface area (Å²) in [5.74, 6) is 2.31. The summed E-state index contributed by atoms with van der Waals surface area (Å²) < 4.78 is 1.83. The van der Waals surface area contributed by atoms with Gasteiger partial charge in [0.25, 0.3) is 5.91 Å². The normalized spacial score (nSPS) is 26.5. The number of rotatable bonds is 4. The Morgan fingerprint density at radius 1 is 1.25 bits per heavy atom. The highest BCUT2D eigenvalue weighted by Crippen LogP contribution is 2.49. The van der Waals surface area contributed by atoms with Gasteiger partial charge >= 0.3 is 0 Å². The molecule has 1 aromatic heterocycles. The first kappa shape index (κ1) is 15.4. The number of aryl methyl sites for hydroxylation is 1. The van der Waals surface area contributed by atoms with Crippen molar-refractivity contribution in [2.24, 2.45) is 17.8 Å². The van der Waals surface area contributed by atoms with E-state index in [1.165, 1.54) is 25.7 Å². The summed E-state index contributed by atoms with van der Waals surface area (Å²) in [6, 6.07) is 12.0. The lowest BCUT2D eigenvalue weighted by molar-refractivity contribution is 0.0910. The van der Waals surface area contributed by atoms with Gasteiger partial charge in [0, 0.05) is 11.7 Å². The van der Waals surface area contributed by atoms with Gasteiger partial charge in [0.05, 0.1) is 5.69 Å². The van der Waals surface area contributed by atoms with Crippen LogP contribution in [0, 0.1) is 24.7 Å². The minimum Gasteiger partial charge on any atom is -0.348 e. The predicted octanol–water partition coefficient (Wildman–Crippen LogP) is 3.74. The Morgan fingerprint density at radius 2 is 2.04 bits per heavy atom. The van der Waals surface area contributed by atoms with Gasteiger partial charge in [-0.1, -0.05) is 24.6 Å². The second-order valence-electron chi connectivity index (χ2n) is 7.52. The molecule has 4 atom stereocenters. The lowest BCUT2D eigenvalue weighted by Gasteiger charge is -2.28. The molecular weight excluding hydrogens is 298 g/mol. The van der Waals surface area contributed by atoms with E-state index in [0.29, 0.717) is 11.6 Å². The van der Waals surface area contributed by atoms with E-state index in [-0.39, 0.29) is 11.9 Å². The number of benzene rings is 1. The molecule has 2 bridgehead atoms. The van der Waals surface area contributed by atoms with E-state index in [2.05, 4.69) is 17.3 Å². The van der Waals surface area contributed by atoms with Crippen LogP contribution in [0.1, 0.15) is 48.8 Å². The average molecular weight is 323 g/mol. The van der Waals surface area contributed by atoms with E-state index in [1.807, 2.05) is 48.0 Å². The minimum absolute atomic E-state index is 0.0527. The number of carbonyl (C=O) groups excluding carboxylic acids is 1. The van der Waals surface area contributed by atoms with Crippen molar-refractivity contribution in [1.82, 2.24) is 15.1 Å². The monoisotopic (exact) mass is 323 g/mol. The smallest absolute Gasteiger partial charge is 0.272 e. The number of fused-ring (bicyclic) bond motifs is 2. The van der Waals surface area contributed by atoms with Gasteiger partial charge in [0.1, 0.15) is 0 Å². The van der Waals surface area contributed by atoms with Gasteiger partial charge in [0.15, 0.2) is 5.69 Å². The number of para-hydroxylation sites is 1. The van der Waals surface area contributed by atoms with Crippen molar-refractivity contribution < 1.29 is 4.79 Å². The van der Waals surface area contributed by atoms with Gasteiger partial charge in [-0.05, 0) is 69.1 Å². The number of aromatic nitrogens is 2.